The minimum atomic E-state index is -1.06. The molecule has 43 heavy (non-hydrogen) atoms. The standard InChI is InChI=1S/C35H35N3O5/c1-25(2)19-21-37(24-27-14-7-4-8-15-27)34(40)43-35(41)38(20-11-16-26-12-5-3-6-13-26)33(39)32-36-30-22-28-17-9-10-18-29(28)23-31(30)42-32/h3-10,12-15,17-18,22-23,25H,11,16,19-21,24H2,1-2H3. The third-order valence-electron chi connectivity index (χ3n) is 7.22. The molecule has 0 unspecified atom stereocenters. The summed E-state index contributed by atoms with van der Waals surface area (Å²) in [6.45, 7) is 4.83. The fourth-order valence-electron chi connectivity index (χ4n) is 4.83. The van der Waals surface area contributed by atoms with Crippen LogP contribution in [0.25, 0.3) is 21.9 Å². The second-order valence-electron chi connectivity index (χ2n) is 11.0. The molecule has 0 saturated carbocycles. The van der Waals surface area contributed by atoms with Crippen LogP contribution < -0.4 is 0 Å². The molecule has 0 bridgehead atoms. The Morgan fingerprint density at radius 1 is 0.791 bits per heavy atom. The summed E-state index contributed by atoms with van der Waals surface area (Å²) in [5, 5.41) is 1.89. The largest absolute Gasteiger partial charge is 0.432 e. The van der Waals surface area contributed by atoms with Gasteiger partial charge in [-0.3, -0.25) is 4.79 Å². The molecular formula is C35H35N3O5. The number of benzene rings is 4. The number of imide groups is 1. The number of amides is 3. The summed E-state index contributed by atoms with van der Waals surface area (Å²) in [6, 6.07) is 30.6. The highest BCUT2D eigenvalue weighted by Crippen LogP contribution is 2.24. The zero-order valence-electron chi connectivity index (χ0n) is 24.4. The van der Waals surface area contributed by atoms with E-state index < -0.39 is 18.1 Å². The summed E-state index contributed by atoms with van der Waals surface area (Å²) in [5.41, 5.74) is 2.90. The number of aromatic nitrogens is 1. The van der Waals surface area contributed by atoms with Crippen molar-refractivity contribution in [2.24, 2.45) is 5.92 Å². The summed E-state index contributed by atoms with van der Waals surface area (Å²) < 4.78 is 11.2. The maximum absolute atomic E-state index is 13.7. The monoisotopic (exact) mass is 577 g/mol. The van der Waals surface area contributed by atoms with Gasteiger partial charge in [0.2, 0.25) is 0 Å². The highest BCUT2D eigenvalue weighted by atomic mass is 16.6. The first kappa shape index (κ1) is 29.5. The van der Waals surface area contributed by atoms with Crippen molar-refractivity contribution >= 4 is 40.0 Å². The van der Waals surface area contributed by atoms with Crippen LogP contribution in [0.15, 0.2) is 101 Å². The van der Waals surface area contributed by atoms with Gasteiger partial charge in [-0.15, -0.1) is 0 Å². The lowest BCUT2D eigenvalue weighted by atomic mass is 10.1. The normalized spacial score (nSPS) is 11.1. The van der Waals surface area contributed by atoms with Crippen LogP contribution in [-0.4, -0.2) is 46.0 Å². The number of fused-ring (bicyclic) bond motifs is 2. The van der Waals surface area contributed by atoms with Gasteiger partial charge in [0.25, 0.3) is 5.89 Å². The van der Waals surface area contributed by atoms with E-state index in [9.17, 15) is 14.4 Å². The lowest BCUT2D eigenvalue weighted by molar-refractivity contribution is 0.0634. The molecular weight excluding hydrogens is 542 g/mol. The van der Waals surface area contributed by atoms with E-state index in [0.717, 1.165) is 33.2 Å². The Bertz CT molecular complexity index is 1650. The predicted molar refractivity (Wildman–Crippen MR) is 165 cm³/mol. The van der Waals surface area contributed by atoms with Gasteiger partial charge in [-0.2, -0.15) is 0 Å². The molecule has 0 N–H and O–H groups in total. The summed E-state index contributed by atoms with van der Waals surface area (Å²) in [6.07, 6.45) is -0.0475. The van der Waals surface area contributed by atoms with Crippen molar-refractivity contribution in [1.29, 1.82) is 0 Å². The summed E-state index contributed by atoms with van der Waals surface area (Å²) in [5.74, 6) is -0.660. The molecule has 0 aliphatic carbocycles. The average molecular weight is 578 g/mol. The average Bonchev–Trinajstić information content (AvgIpc) is 3.43. The van der Waals surface area contributed by atoms with Crippen LogP contribution in [0.3, 0.4) is 0 Å². The second kappa shape index (κ2) is 13.8. The lowest BCUT2D eigenvalue weighted by Gasteiger charge is -2.24. The van der Waals surface area contributed by atoms with Gasteiger partial charge < -0.3 is 14.1 Å². The zero-order chi connectivity index (χ0) is 30.2. The highest BCUT2D eigenvalue weighted by Gasteiger charge is 2.31. The van der Waals surface area contributed by atoms with Crippen molar-refractivity contribution in [2.45, 2.75) is 39.7 Å². The van der Waals surface area contributed by atoms with E-state index in [1.54, 1.807) is 0 Å². The molecule has 1 heterocycles. The van der Waals surface area contributed by atoms with E-state index in [1.807, 2.05) is 97.1 Å². The van der Waals surface area contributed by atoms with Crippen molar-refractivity contribution in [3.05, 3.63) is 114 Å². The number of hydrogen-bond donors (Lipinski definition) is 0. The number of carbonyl (C=O) groups is 3. The molecule has 1 aromatic heterocycles. The van der Waals surface area contributed by atoms with E-state index in [-0.39, 0.29) is 19.0 Å². The zero-order valence-corrected chi connectivity index (χ0v) is 24.4. The van der Waals surface area contributed by atoms with Gasteiger partial charge in [0.05, 0.1) is 0 Å². The number of carbonyl (C=O) groups excluding carboxylic acids is 3. The van der Waals surface area contributed by atoms with Crippen LogP contribution in [0.1, 0.15) is 48.5 Å². The van der Waals surface area contributed by atoms with Gasteiger partial charge >= 0.3 is 18.1 Å². The Labute approximate surface area is 250 Å². The second-order valence-corrected chi connectivity index (χ2v) is 11.0. The Balaban J connectivity index is 1.37. The Hall–Kier alpha value is -4.98. The molecule has 0 aliphatic rings. The molecule has 0 spiro atoms. The Morgan fingerprint density at radius 2 is 1.42 bits per heavy atom. The summed E-state index contributed by atoms with van der Waals surface area (Å²) in [4.78, 5) is 47.3. The molecule has 0 aliphatic heterocycles. The molecule has 5 rings (SSSR count). The number of nitrogens with zero attached hydrogens (tertiary/aromatic N) is 3. The highest BCUT2D eigenvalue weighted by molar-refractivity contribution is 6.04. The van der Waals surface area contributed by atoms with Crippen molar-refractivity contribution in [1.82, 2.24) is 14.8 Å². The Kier molecular flexibility index (Phi) is 9.46. The van der Waals surface area contributed by atoms with Crippen LogP contribution >= 0.6 is 0 Å². The number of rotatable bonds is 10. The summed E-state index contributed by atoms with van der Waals surface area (Å²) in [7, 11) is 0. The van der Waals surface area contributed by atoms with Gasteiger partial charge in [0, 0.05) is 19.6 Å². The smallest absolute Gasteiger partial charge is 0.425 e. The maximum atomic E-state index is 13.7. The maximum Gasteiger partial charge on any atom is 0.425 e. The van der Waals surface area contributed by atoms with Crippen molar-refractivity contribution < 1.29 is 23.5 Å². The van der Waals surface area contributed by atoms with E-state index in [4.69, 9.17) is 9.15 Å². The number of ether oxygens (including phenoxy) is 1. The molecule has 5 aromatic rings. The fourth-order valence-corrected chi connectivity index (χ4v) is 4.83. The van der Waals surface area contributed by atoms with Crippen molar-refractivity contribution in [2.75, 3.05) is 13.1 Å². The molecule has 0 saturated heterocycles. The minimum Gasteiger partial charge on any atom is -0.432 e. The number of aryl methyl sites for hydroxylation is 1. The molecule has 0 radical (unpaired) electrons. The molecule has 4 aromatic carbocycles. The predicted octanol–water partition coefficient (Wildman–Crippen LogP) is 7.86. The van der Waals surface area contributed by atoms with E-state index in [1.165, 1.54) is 4.90 Å². The lowest BCUT2D eigenvalue weighted by Crippen LogP contribution is -2.42. The molecule has 3 amide bonds. The Morgan fingerprint density at radius 3 is 2.09 bits per heavy atom. The first-order valence-corrected chi connectivity index (χ1v) is 14.6. The third kappa shape index (κ3) is 7.65. The minimum absolute atomic E-state index is 0.0191. The molecule has 8 heteroatoms. The number of hydrogen-bond acceptors (Lipinski definition) is 6. The summed E-state index contributed by atoms with van der Waals surface area (Å²) >= 11 is 0. The van der Waals surface area contributed by atoms with E-state index in [0.29, 0.717) is 36.4 Å². The molecule has 0 atom stereocenters. The molecule has 0 fully saturated rings. The van der Waals surface area contributed by atoms with E-state index >= 15 is 0 Å². The quantitative estimate of drug-likeness (QED) is 0.157. The topological polar surface area (TPSA) is 93.0 Å². The first-order chi connectivity index (χ1) is 20.9. The van der Waals surface area contributed by atoms with Gasteiger partial charge in [-0.25, -0.2) is 19.5 Å². The van der Waals surface area contributed by atoms with Crippen LogP contribution in [-0.2, 0) is 17.7 Å². The van der Waals surface area contributed by atoms with Gasteiger partial charge in [0.1, 0.15) is 5.52 Å². The van der Waals surface area contributed by atoms with Crippen LogP contribution in [0.4, 0.5) is 9.59 Å². The molecule has 8 nitrogen and oxygen atoms in total. The third-order valence-corrected chi connectivity index (χ3v) is 7.22. The van der Waals surface area contributed by atoms with Gasteiger partial charge in [-0.1, -0.05) is 98.8 Å². The van der Waals surface area contributed by atoms with Crippen molar-refractivity contribution in [3.8, 4) is 0 Å². The van der Waals surface area contributed by atoms with Crippen LogP contribution in [0.2, 0.25) is 0 Å². The van der Waals surface area contributed by atoms with Crippen LogP contribution in [0, 0.1) is 5.92 Å². The first-order valence-electron chi connectivity index (χ1n) is 14.6. The molecule has 220 valence electrons. The van der Waals surface area contributed by atoms with E-state index in [2.05, 4.69) is 18.8 Å². The van der Waals surface area contributed by atoms with Gasteiger partial charge in [0.15, 0.2) is 5.58 Å². The van der Waals surface area contributed by atoms with Gasteiger partial charge in [-0.05, 0) is 59.2 Å². The number of oxazole rings is 1. The van der Waals surface area contributed by atoms with Crippen LogP contribution in [0.5, 0.6) is 0 Å². The fraction of sp³-hybridized carbons (Fsp3) is 0.257. The van der Waals surface area contributed by atoms with Crippen molar-refractivity contribution in [3.63, 3.8) is 0 Å². The SMILES string of the molecule is CC(C)CCN(Cc1ccccc1)C(=O)OC(=O)N(CCCc1ccccc1)C(=O)c1nc2cc3ccccc3cc2o1.